The first kappa shape index (κ1) is 12.1. The van der Waals surface area contributed by atoms with E-state index in [1.54, 1.807) is 0 Å². The fourth-order valence-electron chi connectivity index (χ4n) is 2.87. The first-order chi connectivity index (χ1) is 9.18. The lowest BCUT2D eigenvalue weighted by atomic mass is 9.75. The predicted molar refractivity (Wildman–Crippen MR) is 74.5 cm³/mol. The minimum Gasteiger partial charge on any atom is -0.398 e. The van der Waals surface area contributed by atoms with Crippen LogP contribution in [0.3, 0.4) is 0 Å². The molecule has 3 rings (SSSR count). The van der Waals surface area contributed by atoms with Crippen LogP contribution in [0.1, 0.15) is 38.2 Å². The summed E-state index contributed by atoms with van der Waals surface area (Å²) in [6, 6.07) is 5.90. The molecule has 1 fully saturated rings. The molecule has 0 saturated heterocycles. The van der Waals surface area contributed by atoms with E-state index in [9.17, 15) is 0 Å². The molecule has 1 heterocycles. The monoisotopic (exact) mass is 257 g/mol. The van der Waals surface area contributed by atoms with Crippen LogP contribution in [-0.4, -0.2) is 20.2 Å². The van der Waals surface area contributed by atoms with Gasteiger partial charge in [-0.3, -0.25) is 0 Å². The second kappa shape index (κ2) is 4.33. The van der Waals surface area contributed by atoms with E-state index in [1.165, 1.54) is 6.42 Å². The number of nitrogen functional groups attached to an aromatic ring is 1. The van der Waals surface area contributed by atoms with Gasteiger partial charge in [-0.25, -0.2) is 4.68 Å². The minimum absolute atomic E-state index is 0.107. The lowest BCUT2D eigenvalue weighted by molar-refractivity contribution is 0.118. The van der Waals surface area contributed by atoms with Gasteiger partial charge in [0.15, 0.2) is 5.82 Å². The molecule has 5 nitrogen and oxygen atoms in total. The van der Waals surface area contributed by atoms with Crippen LogP contribution in [0, 0.1) is 6.92 Å². The molecule has 0 amide bonds. The quantitative estimate of drug-likeness (QED) is 0.858. The van der Waals surface area contributed by atoms with Crippen LogP contribution >= 0.6 is 0 Å². The summed E-state index contributed by atoms with van der Waals surface area (Å²) in [6.45, 7) is 4.22. The molecule has 0 unspecified atom stereocenters. The van der Waals surface area contributed by atoms with Gasteiger partial charge in [-0.2, -0.15) is 0 Å². The van der Waals surface area contributed by atoms with Crippen LogP contribution < -0.4 is 5.73 Å². The average Bonchev–Trinajstić information content (AvgIpc) is 2.82. The van der Waals surface area contributed by atoms with Crippen molar-refractivity contribution in [1.29, 1.82) is 0 Å². The summed E-state index contributed by atoms with van der Waals surface area (Å²) in [4.78, 5) is 0. The molecule has 2 aromatic rings. The van der Waals surface area contributed by atoms with Crippen molar-refractivity contribution in [2.45, 2.75) is 45.1 Å². The lowest BCUT2D eigenvalue weighted by Crippen LogP contribution is -2.41. The summed E-state index contributed by atoms with van der Waals surface area (Å²) in [7, 11) is 0. The van der Waals surface area contributed by atoms with Crippen LogP contribution in [0.5, 0.6) is 0 Å². The highest BCUT2D eigenvalue weighted by atomic mass is 15.6. The number of nitrogens with zero attached hydrogens (tertiary/aromatic N) is 4. The van der Waals surface area contributed by atoms with Gasteiger partial charge in [-0.15, -0.1) is 5.10 Å². The molecule has 0 atom stereocenters. The van der Waals surface area contributed by atoms with Gasteiger partial charge in [-0.05, 0) is 54.7 Å². The lowest BCUT2D eigenvalue weighted by Gasteiger charge is -2.41. The summed E-state index contributed by atoms with van der Waals surface area (Å²) in [5.74, 6) is 0.839. The fourth-order valence-corrected chi connectivity index (χ4v) is 2.87. The Labute approximate surface area is 112 Å². The molecule has 1 aliphatic carbocycles. The molecule has 0 radical (unpaired) electrons. The van der Waals surface area contributed by atoms with Crippen molar-refractivity contribution in [3.63, 3.8) is 0 Å². The Bertz CT molecular complexity index is 592. The van der Waals surface area contributed by atoms with E-state index < -0.39 is 0 Å². The summed E-state index contributed by atoms with van der Waals surface area (Å²) < 4.78 is 2.01. The SMILES string of the molecule is CCC1(n2nnnc2-c2cccc(N)c2C)CCC1. The van der Waals surface area contributed by atoms with E-state index in [1.807, 2.05) is 29.8 Å². The summed E-state index contributed by atoms with van der Waals surface area (Å²) in [6.07, 6.45) is 4.63. The molecule has 1 saturated carbocycles. The topological polar surface area (TPSA) is 69.6 Å². The molecule has 1 aromatic carbocycles. The highest BCUT2D eigenvalue weighted by Crippen LogP contribution is 2.43. The van der Waals surface area contributed by atoms with Gasteiger partial charge in [-0.1, -0.05) is 19.1 Å². The average molecular weight is 257 g/mol. The first-order valence-corrected chi connectivity index (χ1v) is 6.82. The molecule has 0 aliphatic heterocycles. The van der Waals surface area contributed by atoms with Gasteiger partial charge in [0.2, 0.25) is 0 Å². The van der Waals surface area contributed by atoms with E-state index in [0.717, 1.165) is 41.9 Å². The second-order valence-electron chi connectivity index (χ2n) is 5.37. The molecule has 0 spiro atoms. The number of hydrogen-bond donors (Lipinski definition) is 1. The molecule has 5 heteroatoms. The van der Waals surface area contributed by atoms with Crippen molar-refractivity contribution < 1.29 is 0 Å². The zero-order chi connectivity index (χ0) is 13.5. The Hall–Kier alpha value is -1.91. The molecule has 1 aliphatic rings. The van der Waals surface area contributed by atoms with Crippen LogP contribution in [0.15, 0.2) is 18.2 Å². The Balaban J connectivity index is 2.12. The van der Waals surface area contributed by atoms with Crippen molar-refractivity contribution in [3.05, 3.63) is 23.8 Å². The third-order valence-electron chi connectivity index (χ3n) is 4.48. The maximum absolute atomic E-state index is 5.99. The van der Waals surface area contributed by atoms with E-state index in [4.69, 9.17) is 5.73 Å². The fraction of sp³-hybridized carbons (Fsp3) is 0.500. The summed E-state index contributed by atoms with van der Waals surface area (Å²) in [5.41, 5.74) is 8.96. The normalized spacial score (nSPS) is 17.2. The zero-order valence-corrected chi connectivity index (χ0v) is 11.4. The molecule has 100 valence electrons. The Morgan fingerprint density at radius 2 is 2.16 bits per heavy atom. The highest BCUT2D eigenvalue weighted by Gasteiger charge is 2.40. The standard InChI is InChI=1S/C14H19N5/c1-3-14(8-5-9-14)19-13(16-17-18-19)11-6-4-7-12(15)10(11)2/h4,6-7H,3,5,8-9,15H2,1-2H3. The number of anilines is 1. The number of aromatic nitrogens is 4. The van der Waals surface area contributed by atoms with Crippen molar-refractivity contribution >= 4 is 5.69 Å². The molecule has 0 bridgehead atoms. The number of tetrazole rings is 1. The minimum atomic E-state index is 0.107. The van der Waals surface area contributed by atoms with Crippen molar-refractivity contribution in [2.24, 2.45) is 0 Å². The molecule has 2 N–H and O–H groups in total. The van der Waals surface area contributed by atoms with Gasteiger partial charge >= 0.3 is 0 Å². The molecular weight excluding hydrogens is 238 g/mol. The maximum Gasteiger partial charge on any atom is 0.182 e. The van der Waals surface area contributed by atoms with Crippen LogP contribution in [-0.2, 0) is 5.54 Å². The van der Waals surface area contributed by atoms with E-state index in [-0.39, 0.29) is 5.54 Å². The van der Waals surface area contributed by atoms with Gasteiger partial charge in [0.1, 0.15) is 0 Å². The third kappa shape index (κ3) is 1.72. The Morgan fingerprint density at radius 1 is 1.37 bits per heavy atom. The van der Waals surface area contributed by atoms with E-state index in [2.05, 4.69) is 22.4 Å². The van der Waals surface area contributed by atoms with Crippen LogP contribution in [0.4, 0.5) is 5.69 Å². The van der Waals surface area contributed by atoms with Gasteiger partial charge < -0.3 is 5.73 Å². The van der Waals surface area contributed by atoms with Crippen molar-refractivity contribution in [1.82, 2.24) is 20.2 Å². The largest absolute Gasteiger partial charge is 0.398 e. The molecule has 1 aromatic heterocycles. The zero-order valence-electron chi connectivity index (χ0n) is 11.4. The number of nitrogens with two attached hydrogens (primary N) is 1. The van der Waals surface area contributed by atoms with Crippen LogP contribution in [0.25, 0.3) is 11.4 Å². The second-order valence-corrected chi connectivity index (χ2v) is 5.37. The summed E-state index contributed by atoms with van der Waals surface area (Å²) >= 11 is 0. The Morgan fingerprint density at radius 3 is 2.79 bits per heavy atom. The van der Waals surface area contributed by atoms with E-state index >= 15 is 0 Å². The van der Waals surface area contributed by atoms with Gasteiger partial charge in [0.05, 0.1) is 5.54 Å². The first-order valence-electron chi connectivity index (χ1n) is 6.82. The van der Waals surface area contributed by atoms with Gasteiger partial charge in [0.25, 0.3) is 0 Å². The van der Waals surface area contributed by atoms with Crippen molar-refractivity contribution in [2.75, 3.05) is 5.73 Å². The predicted octanol–water partition coefficient (Wildman–Crippen LogP) is 2.52. The van der Waals surface area contributed by atoms with Gasteiger partial charge in [0, 0.05) is 11.3 Å². The number of benzene rings is 1. The Kier molecular flexibility index (Phi) is 2.77. The number of hydrogen-bond acceptors (Lipinski definition) is 4. The summed E-state index contributed by atoms with van der Waals surface area (Å²) in [5, 5.41) is 12.4. The van der Waals surface area contributed by atoms with Crippen LogP contribution in [0.2, 0.25) is 0 Å². The van der Waals surface area contributed by atoms with Crippen molar-refractivity contribution in [3.8, 4) is 11.4 Å². The molecular formula is C14H19N5. The smallest absolute Gasteiger partial charge is 0.182 e. The third-order valence-corrected chi connectivity index (χ3v) is 4.48. The maximum atomic E-state index is 5.99. The van der Waals surface area contributed by atoms with E-state index in [0.29, 0.717) is 0 Å². The highest BCUT2D eigenvalue weighted by molar-refractivity contribution is 5.67. The number of rotatable bonds is 3. The molecule has 19 heavy (non-hydrogen) atoms.